The van der Waals surface area contributed by atoms with Gasteiger partial charge in [-0.2, -0.15) is 5.26 Å². The summed E-state index contributed by atoms with van der Waals surface area (Å²) in [4.78, 5) is 0. The fourth-order valence-corrected chi connectivity index (χ4v) is 1.45. The lowest BCUT2D eigenvalue weighted by Gasteiger charge is -2.06. The van der Waals surface area contributed by atoms with Crippen LogP contribution in [0, 0.1) is 23.0 Å². The Kier molecular flexibility index (Phi) is 3.54. The summed E-state index contributed by atoms with van der Waals surface area (Å²) in [5.74, 6) is -0.377. The molecule has 2 rings (SSSR count). The highest BCUT2D eigenvalue weighted by Gasteiger charge is 2.03. The lowest BCUT2D eigenvalue weighted by molar-refractivity contribution is 0.305. The lowest BCUT2D eigenvalue weighted by Crippen LogP contribution is -1.97. The standard InChI is InChI=1S/C14H9F2NO/c15-12-2-4-13(5-3-12)18-9-10-1-6-14(16)11(7-10)8-17/h1-7H,9H2. The van der Waals surface area contributed by atoms with Crippen LogP contribution in [0.15, 0.2) is 42.5 Å². The number of halogens is 2. The first kappa shape index (κ1) is 12.1. The molecule has 0 N–H and O–H groups in total. The fraction of sp³-hybridized carbons (Fsp3) is 0.0714. The van der Waals surface area contributed by atoms with E-state index in [9.17, 15) is 8.78 Å². The van der Waals surface area contributed by atoms with Crippen LogP contribution in [0.2, 0.25) is 0 Å². The van der Waals surface area contributed by atoms with Crippen molar-refractivity contribution in [2.24, 2.45) is 0 Å². The van der Waals surface area contributed by atoms with Gasteiger partial charge in [0.1, 0.15) is 30.1 Å². The Hall–Kier alpha value is -2.41. The number of ether oxygens (including phenoxy) is 1. The van der Waals surface area contributed by atoms with Crippen LogP contribution in [0.25, 0.3) is 0 Å². The van der Waals surface area contributed by atoms with Crippen molar-refractivity contribution in [3.8, 4) is 11.8 Å². The molecule has 4 heteroatoms. The first-order chi connectivity index (χ1) is 8.69. The van der Waals surface area contributed by atoms with Gasteiger partial charge in [-0.3, -0.25) is 0 Å². The van der Waals surface area contributed by atoms with Crippen LogP contribution < -0.4 is 4.74 Å². The van der Waals surface area contributed by atoms with Crippen molar-refractivity contribution in [2.45, 2.75) is 6.61 Å². The minimum absolute atomic E-state index is 0.0183. The van der Waals surface area contributed by atoms with Crippen molar-refractivity contribution >= 4 is 0 Å². The summed E-state index contributed by atoms with van der Waals surface area (Å²) in [6.07, 6.45) is 0. The zero-order valence-electron chi connectivity index (χ0n) is 9.36. The minimum Gasteiger partial charge on any atom is -0.489 e. The van der Waals surface area contributed by atoms with E-state index in [2.05, 4.69) is 0 Å². The van der Waals surface area contributed by atoms with Gasteiger partial charge in [-0.1, -0.05) is 6.07 Å². The molecule has 0 saturated carbocycles. The van der Waals surface area contributed by atoms with Crippen LogP contribution in [0.3, 0.4) is 0 Å². The molecule has 0 aromatic heterocycles. The SMILES string of the molecule is N#Cc1cc(COc2ccc(F)cc2)ccc1F. The molecule has 0 unspecified atom stereocenters. The fourth-order valence-electron chi connectivity index (χ4n) is 1.45. The zero-order valence-corrected chi connectivity index (χ0v) is 9.36. The van der Waals surface area contributed by atoms with Crippen LogP contribution >= 0.6 is 0 Å². The first-order valence-electron chi connectivity index (χ1n) is 5.26. The van der Waals surface area contributed by atoms with E-state index in [1.807, 2.05) is 0 Å². The topological polar surface area (TPSA) is 33.0 Å². The van der Waals surface area contributed by atoms with Crippen molar-refractivity contribution in [2.75, 3.05) is 0 Å². The molecule has 0 spiro atoms. The Labute approximate surface area is 103 Å². The van der Waals surface area contributed by atoms with Crippen molar-refractivity contribution in [1.29, 1.82) is 5.26 Å². The second-order valence-corrected chi connectivity index (χ2v) is 3.67. The largest absolute Gasteiger partial charge is 0.489 e. The van der Waals surface area contributed by atoms with Crippen LogP contribution in [-0.2, 0) is 6.61 Å². The van der Waals surface area contributed by atoms with Crippen LogP contribution in [0.1, 0.15) is 11.1 Å². The molecule has 18 heavy (non-hydrogen) atoms. The van der Waals surface area contributed by atoms with Gasteiger partial charge in [0.15, 0.2) is 0 Å². The summed E-state index contributed by atoms with van der Waals surface area (Å²) >= 11 is 0. The Morgan fingerprint density at radius 1 is 1.06 bits per heavy atom. The van der Waals surface area contributed by atoms with Crippen LogP contribution in [-0.4, -0.2) is 0 Å². The molecule has 2 aromatic carbocycles. The van der Waals surface area contributed by atoms with E-state index >= 15 is 0 Å². The average Bonchev–Trinajstić information content (AvgIpc) is 2.39. The molecule has 0 amide bonds. The third-order valence-corrected chi connectivity index (χ3v) is 2.37. The van der Waals surface area contributed by atoms with Gasteiger partial charge in [0, 0.05) is 0 Å². The predicted octanol–water partition coefficient (Wildman–Crippen LogP) is 3.42. The van der Waals surface area contributed by atoms with Gasteiger partial charge >= 0.3 is 0 Å². The van der Waals surface area contributed by atoms with E-state index in [0.29, 0.717) is 11.3 Å². The van der Waals surface area contributed by atoms with Crippen molar-refractivity contribution in [3.05, 3.63) is 65.2 Å². The number of rotatable bonds is 3. The van der Waals surface area contributed by atoms with E-state index in [-0.39, 0.29) is 18.0 Å². The number of nitriles is 1. The number of benzene rings is 2. The summed E-state index contributed by atoms with van der Waals surface area (Å²) in [5, 5.41) is 8.69. The summed E-state index contributed by atoms with van der Waals surface area (Å²) < 4.78 is 31.1. The van der Waals surface area contributed by atoms with Crippen LogP contribution in [0.4, 0.5) is 8.78 Å². The molecule has 0 bridgehead atoms. The summed E-state index contributed by atoms with van der Waals surface area (Å²) in [6, 6.07) is 11.5. The molecule has 0 fully saturated rings. The third kappa shape index (κ3) is 2.83. The van der Waals surface area contributed by atoms with E-state index in [0.717, 1.165) is 0 Å². The van der Waals surface area contributed by atoms with E-state index in [1.54, 1.807) is 12.1 Å². The molecule has 0 aliphatic carbocycles. The van der Waals surface area contributed by atoms with Crippen molar-refractivity contribution < 1.29 is 13.5 Å². The quantitative estimate of drug-likeness (QED) is 0.830. The smallest absolute Gasteiger partial charge is 0.140 e. The summed E-state index contributed by atoms with van der Waals surface area (Å²) in [5.41, 5.74) is 0.660. The number of hydrogen-bond donors (Lipinski definition) is 0. The molecule has 0 aliphatic rings. The van der Waals surface area contributed by atoms with E-state index in [4.69, 9.17) is 10.00 Å². The predicted molar refractivity (Wildman–Crippen MR) is 61.8 cm³/mol. The monoisotopic (exact) mass is 245 g/mol. The second kappa shape index (κ2) is 5.28. The van der Waals surface area contributed by atoms with E-state index < -0.39 is 5.82 Å². The molecule has 2 nitrogen and oxygen atoms in total. The van der Waals surface area contributed by atoms with Gasteiger partial charge in [-0.05, 0) is 42.0 Å². The van der Waals surface area contributed by atoms with Crippen LogP contribution in [0.5, 0.6) is 5.75 Å². The van der Waals surface area contributed by atoms with Crippen molar-refractivity contribution in [1.82, 2.24) is 0 Å². The maximum atomic E-state index is 13.1. The first-order valence-corrected chi connectivity index (χ1v) is 5.26. The molecule has 0 heterocycles. The molecule has 0 aliphatic heterocycles. The number of hydrogen-bond acceptors (Lipinski definition) is 2. The molecule has 0 saturated heterocycles. The molecule has 0 radical (unpaired) electrons. The third-order valence-electron chi connectivity index (χ3n) is 2.37. The molecular weight excluding hydrogens is 236 g/mol. The summed E-state index contributed by atoms with van der Waals surface area (Å²) in [6.45, 7) is 0.195. The molecule has 2 aromatic rings. The lowest BCUT2D eigenvalue weighted by atomic mass is 10.1. The van der Waals surface area contributed by atoms with E-state index in [1.165, 1.54) is 36.4 Å². The highest BCUT2D eigenvalue weighted by atomic mass is 19.1. The zero-order chi connectivity index (χ0) is 13.0. The van der Waals surface area contributed by atoms with Gasteiger partial charge in [-0.15, -0.1) is 0 Å². The van der Waals surface area contributed by atoms with Gasteiger partial charge in [0.05, 0.1) is 5.56 Å². The van der Waals surface area contributed by atoms with Gasteiger partial charge in [-0.25, -0.2) is 8.78 Å². The molecule has 90 valence electrons. The maximum Gasteiger partial charge on any atom is 0.140 e. The molecule has 0 atom stereocenters. The Morgan fingerprint density at radius 2 is 1.78 bits per heavy atom. The second-order valence-electron chi connectivity index (χ2n) is 3.67. The minimum atomic E-state index is -0.553. The van der Waals surface area contributed by atoms with Gasteiger partial charge in [0.2, 0.25) is 0 Å². The Bertz CT molecular complexity index is 588. The maximum absolute atomic E-state index is 13.1. The Balaban J connectivity index is 2.06. The van der Waals surface area contributed by atoms with Gasteiger partial charge in [0.25, 0.3) is 0 Å². The summed E-state index contributed by atoms with van der Waals surface area (Å²) in [7, 11) is 0. The Morgan fingerprint density at radius 3 is 2.44 bits per heavy atom. The highest BCUT2D eigenvalue weighted by molar-refractivity contribution is 5.34. The molecular formula is C14H9F2NO. The average molecular weight is 245 g/mol. The van der Waals surface area contributed by atoms with Gasteiger partial charge < -0.3 is 4.74 Å². The number of nitrogens with zero attached hydrogens (tertiary/aromatic N) is 1. The normalized spacial score (nSPS) is 9.83. The highest BCUT2D eigenvalue weighted by Crippen LogP contribution is 2.15. The van der Waals surface area contributed by atoms with Crippen molar-refractivity contribution in [3.63, 3.8) is 0 Å².